The lowest BCUT2D eigenvalue weighted by Crippen LogP contribution is -2.23. The van der Waals surface area contributed by atoms with Gasteiger partial charge < -0.3 is 20.3 Å². The first-order valence-corrected chi connectivity index (χ1v) is 11.1. The molecule has 0 saturated heterocycles. The summed E-state index contributed by atoms with van der Waals surface area (Å²) in [6.45, 7) is 1.25. The molecule has 1 aromatic heterocycles. The van der Waals surface area contributed by atoms with Gasteiger partial charge in [0.05, 0.1) is 12.3 Å². The van der Waals surface area contributed by atoms with Gasteiger partial charge in [0.15, 0.2) is 0 Å². The summed E-state index contributed by atoms with van der Waals surface area (Å²) in [4.78, 5) is 15.6. The molecule has 3 N–H and O–H groups in total. The van der Waals surface area contributed by atoms with Gasteiger partial charge in [0, 0.05) is 12.7 Å². The molecule has 1 atom stereocenters. The predicted molar refractivity (Wildman–Crippen MR) is 146 cm³/mol. The Kier molecular flexibility index (Phi) is 11.4. The molecule has 1 unspecified atom stereocenters. The van der Waals surface area contributed by atoms with Crippen molar-refractivity contribution in [3.8, 4) is 22.6 Å². The quantitative estimate of drug-likeness (QED) is 0.221. The summed E-state index contributed by atoms with van der Waals surface area (Å²) in [5, 5.41) is 23.1. The molecule has 0 bridgehead atoms. The number of hydrogen-bond acceptors (Lipinski definition) is 5. The molecule has 188 valence electrons. The number of aromatic carboxylic acids is 1. The maximum atomic E-state index is 11.6. The molecule has 0 spiro atoms. The zero-order chi connectivity index (χ0) is 23.8. The lowest BCUT2D eigenvalue weighted by molar-refractivity contribution is 0.0694. The molecule has 0 aliphatic heterocycles. The van der Waals surface area contributed by atoms with Crippen LogP contribution in [0.25, 0.3) is 11.1 Å². The Morgan fingerprint density at radius 2 is 1.64 bits per heavy atom. The third-order valence-electron chi connectivity index (χ3n) is 5.47. The number of carbonyl (C=O) groups is 1. The Labute approximate surface area is 222 Å². The van der Waals surface area contributed by atoms with Gasteiger partial charge in [-0.15, -0.1) is 24.8 Å². The number of carboxylic acid groups (broad SMARTS) is 1. The Morgan fingerprint density at radius 3 is 2.31 bits per heavy atom. The first-order chi connectivity index (χ1) is 16.6. The van der Waals surface area contributed by atoms with E-state index in [1.165, 1.54) is 5.56 Å². The average Bonchev–Trinajstić information content (AvgIpc) is 2.88. The van der Waals surface area contributed by atoms with Crippen LogP contribution in [0.4, 0.5) is 0 Å². The van der Waals surface area contributed by atoms with Gasteiger partial charge in [-0.1, -0.05) is 60.7 Å². The molecular formula is C28H28Cl2N2O4. The Balaban J connectivity index is 0.00000228. The second kappa shape index (κ2) is 14.2. The third kappa shape index (κ3) is 7.80. The number of benzene rings is 3. The van der Waals surface area contributed by atoms with Crippen molar-refractivity contribution >= 4 is 30.8 Å². The van der Waals surface area contributed by atoms with Crippen molar-refractivity contribution in [1.29, 1.82) is 0 Å². The molecule has 6 nitrogen and oxygen atoms in total. The standard InChI is InChI=1S/C28H26N2O4.2ClH/c31-26(22-5-2-1-3-6-22)19-30-16-14-20-8-10-21(11-9-20)23-12-13-25(28(32)33)27(17-23)34-24-7-4-15-29-18-24;;/h1-13,15,17-18,26,30-31H,14,16,19H2,(H,32,33);2*1H. The SMILES string of the molecule is Cl.Cl.O=C(O)c1ccc(-c2ccc(CCNCC(O)c3ccccc3)cc2)cc1Oc1cccnc1. The minimum atomic E-state index is -1.05. The van der Waals surface area contributed by atoms with Gasteiger partial charge in [-0.3, -0.25) is 4.98 Å². The minimum Gasteiger partial charge on any atom is -0.478 e. The molecule has 8 heteroatoms. The number of carboxylic acids is 1. The molecule has 4 rings (SSSR count). The van der Waals surface area contributed by atoms with E-state index in [0.717, 1.165) is 29.7 Å². The Morgan fingerprint density at radius 1 is 0.917 bits per heavy atom. The van der Waals surface area contributed by atoms with Crippen LogP contribution in [-0.4, -0.2) is 34.3 Å². The summed E-state index contributed by atoms with van der Waals surface area (Å²) in [6, 6.07) is 26.3. The third-order valence-corrected chi connectivity index (χ3v) is 5.47. The van der Waals surface area contributed by atoms with Gasteiger partial charge in [0.25, 0.3) is 0 Å². The zero-order valence-corrected chi connectivity index (χ0v) is 21.0. The highest BCUT2D eigenvalue weighted by atomic mass is 35.5. The number of rotatable bonds is 10. The first-order valence-electron chi connectivity index (χ1n) is 11.1. The minimum absolute atomic E-state index is 0. The Bertz CT molecular complexity index is 1220. The van der Waals surface area contributed by atoms with Crippen LogP contribution in [0, 0.1) is 0 Å². The fourth-order valence-electron chi connectivity index (χ4n) is 3.63. The molecule has 1 heterocycles. The van der Waals surface area contributed by atoms with Crippen LogP contribution in [-0.2, 0) is 6.42 Å². The molecule has 4 aromatic rings. The summed E-state index contributed by atoms with van der Waals surface area (Å²) in [6.07, 6.45) is 3.47. The molecule has 0 radical (unpaired) electrons. The van der Waals surface area contributed by atoms with Gasteiger partial charge in [-0.05, 0) is 59.5 Å². The van der Waals surface area contributed by atoms with Crippen LogP contribution >= 0.6 is 24.8 Å². The highest BCUT2D eigenvalue weighted by Crippen LogP contribution is 2.31. The van der Waals surface area contributed by atoms with Crippen LogP contribution in [0.15, 0.2) is 97.3 Å². The van der Waals surface area contributed by atoms with Crippen LogP contribution in [0.5, 0.6) is 11.5 Å². The van der Waals surface area contributed by atoms with E-state index in [1.807, 2.05) is 42.5 Å². The molecular weight excluding hydrogens is 499 g/mol. The molecule has 0 aliphatic carbocycles. The van der Waals surface area contributed by atoms with Gasteiger partial charge in [-0.25, -0.2) is 4.79 Å². The van der Waals surface area contributed by atoms with E-state index < -0.39 is 12.1 Å². The maximum absolute atomic E-state index is 11.6. The number of nitrogens with one attached hydrogen (secondary N) is 1. The number of aliphatic hydroxyl groups is 1. The van der Waals surface area contributed by atoms with E-state index in [0.29, 0.717) is 12.3 Å². The monoisotopic (exact) mass is 526 g/mol. The van der Waals surface area contributed by atoms with Crippen molar-refractivity contribution in [2.24, 2.45) is 0 Å². The van der Waals surface area contributed by atoms with E-state index in [4.69, 9.17) is 4.74 Å². The van der Waals surface area contributed by atoms with Gasteiger partial charge >= 0.3 is 5.97 Å². The second-order valence-corrected chi connectivity index (χ2v) is 7.88. The van der Waals surface area contributed by atoms with E-state index in [-0.39, 0.29) is 36.1 Å². The number of hydrogen-bond donors (Lipinski definition) is 3. The largest absolute Gasteiger partial charge is 0.478 e. The molecule has 0 fully saturated rings. The van der Waals surface area contributed by atoms with E-state index in [1.54, 1.807) is 42.7 Å². The summed E-state index contributed by atoms with van der Waals surface area (Å²) in [5.41, 5.74) is 3.98. The number of nitrogens with zero attached hydrogens (tertiary/aromatic N) is 1. The molecule has 36 heavy (non-hydrogen) atoms. The van der Waals surface area contributed by atoms with E-state index in [9.17, 15) is 15.0 Å². The first kappa shape index (κ1) is 28.8. The Hall–Kier alpha value is -3.42. The number of pyridine rings is 1. The average molecular weight is 527 g/mol. The second-order valence-electron chi connectivity index (χ2n) is 7.88. The van der Waals surface area contributed by atoms with E-state index in [2.05, 4.69) is 22.4 Å². The molecule has 0 saturated carbocycles. The predicted octanol–water partition coefficient (Wildman–Crippen LogP) is 5.95. The highest BCUT2D eigenvalue weighted by Gasteiger charge is 2.14. The lowest BCUT2D eigenvalue weighted by Gasteiger charge is -2.13. The summed E-state index contributed by atoms with van der Waals surface area (Å²) < 4.78 is 5.80. The molecule has 3 aromatic carbocycles. The van der Waals surface area contributed by atoms with Crippen LogP contribution in [0.1, 0.15) is 27.6 Å². The van der Waals surface area contributed by atoms with Gasteiger partial charge in [0.1, 0.15) is 17.1 Å². The van der Waals surface area contributed by atoms with Crippen molar-refractivity contribution in [3.05, 3.63) is 114 Å². The van der Waals surface area contributed by atoms with Crippen molar-refractivity contribution < 1.29 is 19.7 Å². The fraction of sp³-hybridized carbons (Fsp3) is 0.143. The fourth-order valence-corrected chi connectivity index (χ4v) is 3.63. The molecule has 0 aliphatic rings. The van der Waals surface area contributed by atoms with Gasteiger partial charge in [-0.2, -0.15) is 0 Å². The van der Waals surface area contributed by atoms with Crippen molar-refractivity contribution in [2.45, 2.75) is 12.5 Å². The lowest BCUT2D eigenvalue weighted by atomic mass is 10.0. The van der Waals surface area contributed by atoms with Crippen LogP contribution in [0.2, 0.25) is 0 Å². The van der Waals surface area contributed by atoms with Crippen LogP contribution in [0.3, 0.4) is 0 Å². The summed E-state index contributed by atoms with van der Waals surface area (Å²) in [5.74, 6) is -0.309. The van der Waals surface area contributed by atoms with Crippen molar-refractivity contribution in [3.63, 3.8) is 0 Å². The zero-order valence-electron chi connectivity index (χ0n) is 19.4. The maximum Gasteiger partial charge on any atom is 0.339 e. The highest BCUT2D eigenvalue weighted by molar-refractivity contribution is 5.92. The smallest absolute Gasteiger partial charge is 0.339 e. The van der Waals surface area contributed by atoms with Crippen LogP contribution < -0.4 is 10.1 Å². The summed E-state index contributed by atoms with van der Waals surface area (Å²) >= 11 is 0. The van der Waals surface area contributed by atoms with Crippen molar-refractivity contribution in [2.75, 3.05) is 13.1 Å². The normalized spacial score (nSPS) is 11.0. The number of ether oxygens (including phenoxy) is 1. The number of halogens is 2. The molecule has 0 amide bonds. The van der Waals surface area contributed by atoms with E-state index >= 15 is 0 Å². The van der Waals surface area contributed by atoms with Crippen molar-refractivity contribution in [1.82, 2.24) is 10.3 Å². The number of aliphatic hydroxyl groups excluding tert-OH is 1. The summed E-state index contributed by atoms with van der Waals surface area (Å²) in [7, 11) is 0. The number of aromatic nitrogens is 1. The topological polar surface area (TPSA) is 91.7 Å². The van der Waals surface area contributed by atoms with Gasteiger partial charge in [0.2, 0.25) is 0 Å².